The molecular weight excluding hydrogens is 186 g/mol. The predicted molar refractivity (Wildman–Crippen MR) is 63.9 cm³/mol. The third-order valence-corrected chi connectivity index (χ3v) is 2.75. The Morgan fingerprint density at radius 2 is 1.93 bits per heavy atom. The van der Waals surface area contributed by atoms with Crippen LogP contribution in [0, 0.1) is 6.92 Å². The summed E-state index contributed by atoms with van der Waals surface area (Å²) in [6.45, 7) is 8.97. The molecule has 1 unspecified atom stereocenters. The molecule has 1 atom stereocenters. The second-order valence-electron chi connectivity index (χ2n) is 3.92. The maximum absolute atomic E-state index is 10.0. The van der Waals surface area contributed by atoms with Gasteiger partial charge in [0.15, 0.2) is 0 Å². The maximum Gasteiger partial charge on any atom is 0.0917 e. The van der Waals surface area contributed by atoms with Crippen LogP contribution >= 0.6 is 0 Å². The highest BCUT2D eigenvalue weighted by Gasteiger charge is 2.10. The van der Waals surface area contributed by atoms with E-state index in [-0.39, 0.29) is 6.10 Å². The second kappa shape index (κ2) is 5.89. The lowest BCUT2D eigenvalue weighted by Crippen LogP contribution is -2.28. The van der Waals surface area contributed by atoms with Crippen molar-refractivity contribution in [2.45, 2.75) is 26.9 Å². The van der Waals surface area contributed by atoms with Crippen molar-refractivity contribution in [1.82, 2.24) is 4.90 Å². The molecule has 0 aliphatic heterocycles. The number of aliphatic hydroxyl groups is 1. The van der Waals surface area contributed by atoms with Gasteiger partial charge in [-0.1, -0.05) is 43.7 Å². The van der Waals surface area contributed by atoms with Crippen LogP contribution in [0.3, 0.4) is 0 Å². The number of likely N-dealkylation sites (N-methyl/N-ethyl adjacent to an activating group) is 1. The van der Waals surface area contributed by atoms with Gasteiger partial charge in [-0.3, -0.25) is 0 Å². The Morgan fingerprint density at radius 1 is 1.27 bits per heavy atom. The highest BCUT2D eigenvalue weighted by atomic mass is 16.3. The minimum Gasteiger partial charge on any atom is -0.387 e. The van der Waals surface area contributed by atoms with Gasteiger partial charge in [-0.15, -0.1) is 0 Å². The fraction of sp³-hybridized carbons (Fsp3) is 0.538. The molecule has 0 fully saturated rings. The molecule has 0 radical (unpaired) electrons. The largest absolute Gasteiger partial charge is 0.387 e. The number of aliphatic hydroxyl groups excluding tert-OH is 1. The summed E-state index contributed by atoms with van der Waals surface area (Å²) in [4.78, 5) is 2.23. The number of rotatable bonds is 5. The Hall–Kier alpha value is -0.860. The van der Waals surface area contributed by atoms with Crippen molar-refractivity contribution < 1.29 is 5.11 Å². The smallest absolute Gasteiger partial charge is 0.0917 e. The zero-order valence-corrected chi connectivity index (χ0v) is 9.90. The van der Waals surface area contributed by atoms with Crippen LogP contribution in [0.4, 0.5) is 0 Å². The minimum atomic E-state index is -0.371. The molecule has 1 N–H and O–H groups in total. The van der Waals surface area contributed by atoms with E-state index in [9.17, 15) is 5.11 Å². The first-order valence-electron chi connectivity index (χ1n) is 5.64. The Kier molecular flexibility index (Phi) is 4.79. The average Bonchev–Trinajstić information content (AvgIpc) is 2.25. The summed E-state index contributed by atoms with van der Waals surface area (Å²) < 4.78 is 0. The fourth-order valence-corrected chi connectivity index (χ4v) is 1.71. The summed E-state index contributed by atoms with van der Waals surface area (Å²) in [7, 11) is 0. The van der Waals surface area contributed by atoms with Gasteiger partial charge in [-0.2, -0.15) is 0 Å². The van der Waals surface area contributed by atoms with Crippen molar-refractivity contribution in [1.29, 1.82) is 0 Å². The van der Waals surface area contributed by atoms with Crippen LogP contribution in [-0.4, -0.2) is 29.6 Å². The van der Waals surface area contributed by atoms with E-state index in [1.54, 1.807) is 0 Å². The predicted octanol–water partition coefficient (Wildman–Crippen LogP) is 2.37. The molecule has 0 aliphatic carbocycles. The van der Waals surface area contributed by atoms with Gasteiger partial charge in [-0.25, -0.2) is 0 Å². The van der Waals surface area contributed by atoms with Gasteiger partial charge in [-0.05, 0) is 25.6 Å². The number of hydrogen-bond donors (Lipinski definition) is 1. The van der Waals surface area contributed by atoms with Crippen molar-refractivity contribution in [3.05, 3.63) is 35.4 Å². The van der Waals surface area contributed by atoms with Crippen LogP contribution in [0.2, 0.25) is 0 Å². The Morgan fingerprint density at radius 3 is 2.47 bits per heavy atom. The number of nitrogens with zero attached hydrogens (tertiary/aromatic N) is 1. The second-order valence-corrected chi connectivity index (χ2v) is 3.92. The molecule has 1 aromatic rings. The van der Waals surface area contributed by atoms with E-state index < -0.39 is 0 Å². The Labute approximate surface area is 92.5 Å². The van der Waals surface area contributed by atoms with Gasteiger partial charge in [0.25, 0.3) is 0 Å². The van der Waals surface area contributed by atoms with Gasteiger partial charge in [0.1, 0.15) is 0 Å². The van der Waals surface area contributed by atoms with Gasteiger partial charge in [0.05, 0.1) is 6.10 Å². The van der Waals surface area contributed by atoms with Gasteiger partial charge < -0.3 is 10.0 Å². The van der Waals surface area contributed by atoms with E-state index in [0.29, 0.717) is 0 Å². The molecule has 0 heterocycles. The monoisotopic (exact) mass is 207 g/mol. The molecule has 0 saturated carbocycles. The zero-order valence-electron chi connectivity index (χ0n) is 9.90. The first kappa shape index (κ1) is 12.2. The van der Waals surface area contributed by atoms with E-state index in [0.717, 1.165) is 25.2 Å². The van der Waals surface area contributed by atoms with E-state index >= 15 is 0 Å². The van der Waals surface area contributed by atoms with Crippen molar-refractivity contribution in [3.8, 4) is 0 Å². The van der Waals surface area contributed by atoms with E-state index in [1.165, 1.54) is 5.56 Å². The molecule has 0 amide bonds. The molecule has 0 spiro atoms. The van der Waals surface area contributed by atoms with Gasteiger partial charge >= 0.3 is 0 Å². The number of hydrogen-bond acceptors (Lipinski definition) is 2. The molecule has 1 rings (SSSR count). The minimum absolute atomic E-state index is 0.371. The van der Waals surface area contributed by atoms with Crippen LogP contribution in [0.1, 0.15) is 31.1 Å². The van der Waals surface area contributed by atoms with Crippen LogP contribution in [0.25, 0.3) is 0 Å². The van der Waals surface area contributed by atoms with Crippen LogP contribution in [-0.2, 0) is 0 Å². The topological polar surface area (TPSA) is 23.5 Å². The van der Waals surface area contributed by atoms with Crippen LogP contribution in [0.5, 0.6) is 0 Å². The normalized spacial score (nSPS) is 13.1. The molecule has 0 aromatic heterocycles. The quantitative estimate of drug-likeness (QED) is 0.801. The molecular formula is C13H21NO. The maximum atomic E-state index is 10.0. The first-order chi connectivity index (χ1) is 7.17. The summed E-state index contributed by atoms with van der Waals surface area (Å²) in [5.41, 5.74) is 2.22. The molecule has 1 aromatic carbocycles. The number of aryl methyl sites for hydroxylation is 1. The Bertz CT molecular complexity index is 294. The van der Waals surface area contributed by atoms with Crippen molar-refractivity contribution in [3.63, 3.8) is 0 Å². The summed E-state index contributed by atoms with van der Waals surface area (Å²) in [5.74, 6) is 0. The molecule has 0 saturated heterocycles. The Balaban J connectivity index is 2.64. The summed E-state index contributed by atoms with van der Waals surface area (Å²) >= 11 is 0. The third-order valence-electron chi connectivity index (χ3n) is 2.75. The molecule has 15 heavy (non-hydrogen) atoms. The third kappa shape index (κ3) is 3.65. The highest BCUT2D eigenvalue weighted by Crippen LogP contribution is 2.15. The highest BCUT2D eigenvalue weighted by molar-refractivity contribution is 5.24. The SMILES string of the molecule is CCN(CC)CC(O)c1cccc(C)c1. The number of benzene rings is 1. The summed E-state index contributed by atoms with van der Waals surface area (Å²) in [6, 6.07) is 8.08. The first-order valence-corrected chi connectivity index (χ1v) is 5.64. The lowest BCUT2D eigenvalue weighted by Gasteiger charge is -2.22. The van der Waals surface area contributed by atoms with Crippen molar-refractivity contribution in [2.75, 3.05) is 19.6 Å². The van der Waals surface area contributed by atoms with Crippen molar-refractivity contribution in [2.24, 2.45) is 0 Å². The summed E-state index contributed by atoms with van der Waals surface area (Å²) in [5, 5.41) is 10.0. The van der Waals surface area contributed by atoms with E-state index in [1.807, 2.05) is 31.2 Å². The van der Waals surface area contributed by atoms with Gasteiger partial charge in [0, 0.05) is 6.54 Å². The van der Waals surface area contributed by atoms with Crippen LogP contribution in [0.15, 0.2) is 24.3 Å². The van der Waals surface area contributed by atoms with Crippen LogP contribution < -0.4 is 0 Å². The molecule has 0 bridgehead atoms. The van der Waals surface area contributed by atoms with Crippen molar-refractivity contribution >= 4 is 0 Å². The van der Waals surface area contributed by atoms with Gasteiger partial charge in [0.2, 0.25) is 0 Å². The van der Waals surface area contributed by atoms with E-state index in [2.05, 4.69) is 18.7 Å². The molecule has 2 nitrogen and oxygen atoms in total. The molecule has 0 aliphatic rings. The average molecular weight is 207 g/mol. The standard InChI is InChI=1S/C13H21NO/c1-4-14(5-2)10-13(15)12-8-6-7-11(3)9-12/h6-9,13,15H,4-5,10H2,1-3H3. The summed E-state index contributed by atoms with van der Waals surface area (Å²) in [6.07, 6.45) is -0.371. The van der Waals surface area contributed by atoms with E-state index in [4.69, 9.17) is 0 Å². The lowest BCUT2D eigenvalue weighted by molar-refractivity contribution is 0.119. The fourth-order valence-electron chi connectivity index (χ4n) is 1.71. The molecule has 84 valence electrons. The lowest BCUT2D eigenvalue weighted by atomic mass is 10.1. The molecule has 2 heteroatoms. The zero-order chi connectivity index (χ0) is 11.3.